The molecule has 0 saturated heterocycles. The number of nitrogens with one attached hydrogen (secondary N) is 1. The molecule has 0 aliphatic heterocycles. The van der Waals surface area contributed by atoms with Crippen LogP contribution in [0.1, 0.15) is 36.8 Å². The Morgan fingerprint density at radius 1 is 1.10 bits per heavy atom. The van der Waals surface area contributed by atoms with E-state index in [1.165, 1.54) is 4.80 Å². The standard InChI is InChI=1S/C21H26N6O2.ClH/c1-21(2,22)20(28)23-18(15-29-14-17-11-7-4-8-12-17)19-24-26-27(25-19)13-16-9-5-3-6-10-16;/h3-12,18H,13-15,22H2,1-2H3,(H,23,28);1H/t18-;/m1./s1. The highest BCUT2D eigenvalue weighted by molar-refractivity contribution is 5.85. The number of nitrogens with zero attached hydrogens (tertiary/aromatic N) is 4. The maximum Gasteiger partial charge on any atom is 0.240 e. The molecule has 0 spiro atoms. The van der Waals surface area contributed by atoms with Crippen LogP contribution < -0.4 is 11.1 Å². The summed E-state index contributed by atoms with van der Waals surface area (Å²) in [6.07, 6.45) is 0. The normalized spacial score (nSPS) is 12.1. The lowest BCUT2D eigenvalue weighted by atomic mass is 10.1. The SMILES string of the molecule is CC(C)(N)C(=O)N[C@H](COCc1ccccc1)c1nnn(Cc2ccccc2)n1.Cl. The van der Waals surface area contributed by atoms with Crippen molar-refractivity contribution in [3.05, 3.63) is 77.6 Å². The highest BCUT2D eigenvalue weighted by atomic mass is 35.5. The van der Waals surface area contributed by atoms with Crippen molar-refractivity contribution in [3.8, 4) is 0 Å². The molecule has 0 aliphatic rings. The van der Waals surface area contributed by atoms with E-state index in [0.717, 1.165) is 11.1 Å². The lowest BCUT2D eigenvalue weighted by molar-refractivity contribution is -0.126. The smallest absolute Gasteiger partial charge is 0.240 e. The van der Waals surface area contributed by atoms with Gasteiger partial charge in [-0.15, -0.1) is 22.6 Å². The molecule has 1 heterocycles. The number of hydrogen-bond donors (Lipinski definition) is 2. The van der Waals surface area contributed by atoms with Crippen LogP contribution in [0.3, 0.4) is 0 Å². The van der Waals surface area contributed by atoms with Crippen LogP contribution in [0.4, 0.5) is 0 Å². The van der Waals surface area contributed by atoms with E-state index in [-0.39, 0.29) is 24.9 Å². The molecule has 30 heavy (non-hydrogen) atoms. The number of hydrogen-bond acceptors (Lipinski definition) is 6. The summed E-state index contributed by atoms with van der Waals surface area (Å²) in [6.45, 7) is 4.39. The van der Waals surface area contributed by atoms with Gasteiger partial charge in [0.15, 0.2) is 5.82 Å². The van der Waals surface area contributed by atoms with Gasteiger partial charge in [-0.05, 0) is 30.2 Å². The number of ether oxygens (including phenoxy) is 1. The van der Waals surface area contributed by atoms with Crippen molar-refractivity contribution in [2.45, 2.75) is 38.6 Å². The number of nitrogens with two attached hydrogens (primary N) is 1. The van der Waals surface area contributed by atoms with E-state index < -0.39 is 11.6 Å². The number of carbonyl (C=O) groups excluding carboxylic acids is 1. The quantitative estimate of drug-likeness (QED) is 0.539. The third-order valence-electron chi connectivity index (χ3n) is 4.23. The summed E-state index contributed by atoms with van der Waals surface area (Å²) < 4.78 is 5.80. The van der Waals surface area contributed by atoms with Crippen LogP contribution in [0.2, 0.25) is 0 Å². The number of benzene rings is 2. The summed E-state index contributed by atoms with van der Waals surface area (Å²) in [6, 6.07) is 19.1. The Kier molecular flexibility index (Phi) is 8.46. The maximum atomic E-state index is 12.4. The first-order valence-electron chi connectivity index (χ1n) is 9.45. The molecule has 0 bridgehead atoms. The Balaban J connectivity index is 0.00000320. The molecule has 0 fully saturated rings. The molecule has 3 rings (SSSR count). The van der Waals surface area contributed by atoms with Crippen LogP contribution >= 0.6 is 12.4 Å². The molecule has 2 aromatic carbocycles. The second-order valence-electron chi connectivity index (χ2n) is 7.41. The van der Waals surface area contributed by atoms with Crippen LogP contribution in [0.5, 0.6) is 0 Å². The average Bonchev–Trinajstić information content (AvgIpc) is 3.16. The molecular weight excluding hydrogens is 404 g/mol. The average molecular weight is 431 g/mol. The Hall–Kier alpha value is -2.81. The Labute approximate surface area is 182 Å². The van der Waals surface area contributed by atoms with Crippen molar-refractivity contribution in [1.29, 1.82) is 0 Å². The van der Waals surface area contributed by atoms with Gasteiger partial charge in [0.1, 0.15) is 6.04 Å². The van der Waals surface area contributed by atoms with Crippen molar-refractivity contribution >= 4 is 18.3 Å². The first kappa shape index (κ1) is 23.5. The Morgan fingerprint density at radius 3 is 2.30 bits per heavy atom. The van der Waals surface area contributed by atoms with Crippen molar-refractivity contribution < 1.29 is 9.53 Å². The lowest BCUT2D eigenvalue weighted by Crippen LogP contribution is -2.50. The molecule has 1 aromatic heterocycles. The molecule has 0 radical (unpaired) electrons. The van der Waals surface area contributed by atoms with Gasteiger partial charge >= 0.3 is 0 Å². The molecule has 1 amide bonds. The minimum absolute atomic E-state index is 0. The number of aromatic nitrogens is 4. The highest BCUT2D eigenvalue weighted by Crippen LogP contribution is 2.12. The summed E-state index contributed by atoms with van der Waals surface area (Å²) >= 11 is 0. The van der Waals surface area contributed by atoms with Gasteiger partial charge in [-0.3, -0.25) is 4.79 Å². The molecule has 1 atom stereocenters. The van der Waals surface area contributed by atoms with Gasteiger partial charge in [-0.25, -0.2) is 0 Å². The summed E-state index contributed by atoms with van der Waals surface area (Å²) in [7, 11) is 0. The number of carbonyl (C=O) groups is 1. The maximum absolute atomic E-state index is 12.4. The first-order valence-corrected chi connectivity index (χ1v) is 9.45. The van der Waals surface area contributed by atoms with E-state index >= 15 is 0 Å². The van der Waals surface area contributed by atoms with Crippen LogP contribution in [0, 0.1) is 0 Å². The molecule has 0 unspecified atom stereocenters. The highest BCUT2D eigenvalue weighted by Gasteiger charge is 2.27. The third-order valence-corrected chi connectivity index (χ3v) is 4.23. The fourth-order valence-electron chi connectivity index (χ4n) is 2.60. The second-order valence-corrected chi connectivity index (χ2v) is 7.41. The minimum Gasteiger partial charge on any atom is -0.374 e. The molecule has 3 aromatic rings. The largest absolute Gasteiger partial charge is 0.374 e. The molecular formula is C21H27ClN6O2. The van der Waals surface area contributed by atoms with Crippen LogP contribution in [0.15, 0.2) is 60.7 Å². The zero-order chi connectivity index (χ0) is 20.7. The van der Waals surface area contributed by atoms with Crippen molar-refractivity contribution in [2.75, 3.05) is 6.61 Å². The van der Waals surface area contributed by atoms with Crippen molar-refractivity contribution in [3.63, 3.8) is 0 Å². The van der Waals surface area contributed by atoms with Crippen LogP contribution in [0.25, 0.3) is 0 Å². The van der Waals surface area contributed by atoms with E-state index in [1.807, 2.05) is 60.7 Å². The fourth-order valence-corrected chi connectivity index (χ4v) is 2.60. The second kappa shape index (κ2) is 10.8. The monoisotopic (exact) mass is 430 g/mol. The van der Waals surface area contributed by atoms with Crippen LogP contribution in [-0.2, 0) is 22.7 Å². The van der Waals surface area contributed by atoms with Gasteiger partial charge in [0.05, 0.1) is 25.3 Å². The van der Waals surface area contributed by atoms with Gasteiger partial charge in [-0.2, -0.15) is 4.80 Å². The van der Waals surface area contributed by atoms with Crippen molar-refractivity contribution in [1.82, 2.24) is 25.5 Å². The number of tetrazole rings is 1. The summed E-state index contributed by atoms with van der Waals surface area (Å²) in [4.78, 5) is 13.9. The molecule has 8 nitrogen and oxygen atoms in total. The summed E-state index contributed by atoms with van der Waals surface area (Å²) in [5.41, 5.74) is 6.98. The van der Waals surface area contributed by atoms with E-state index in [2.05, 4.69) is 20.7 Å². The van der Waals surface area contributed by atoms with E-state index in [9.17, 15) is 4.79 Å². The van der Waals surface area contributed by atoms with Crippen LogP contribution in [-0.4, -0.2) is 38.3 Å². The van der Waals surface area contributed by atoms with Gasteiger partial charge < -0.3 is 15.8 Å². The fraction of sp³-hybridized carbons (Fsp3) is 0.333. The molecule has 3 N–H and O–H groups in total. The van der Waals surface area contributed by atoms with Gasteiger partial charge in [0.25, 0.3) is 0 Å². The van der Waals surface area contributed by atoms with Crippen molar-refractivity contribution in [2.24, 2.45) is 5.73 Å². The summed E-state index contributed by atoms with van der Waals surface area (Å²) in [5.74, 6) is 0.0665. The predicted molar refractivity (Wildman–Crippen MR) is 116 cm³/mol. The lowest BCUT2D eigenvalue weighted by Gasteiger charge is -2.22. The Bertz CT molecular complexity index is 912. The molecule has 9 heteroatoms. The topological polar surface area (TPSA) is 108 Å². The predicted octanol–water partition coefficient (Wildman–Crippen LogP) is 2.25. The van der Waals surface area contributed by atoms with Gasteiger partial charge in [0, 0.05) is 0 Å². The van der Waals surface area contributed by atoms with E-state index in [0.29, 0.717) is 19.0 Å². The number of rotatable bonds is 9. The molecule has 0 saturated carbocycles. The Morgan fingerprint density at radius 2 is 1.70 bits per heavy atom. The zero-order valence-electron chi connectivity index (χ0n) is 17.1. The van der Waals surface area contributed by atoms with Gasteiger partial charge in [-0.1, -0.05) is 60.7 Å². The molecule has 0 aliphatic carbocycles. The van der Waals surface area contributed by atoms with E-state index in [4.69, 9.17) is 10.5 Å². The van der Waals surface area contributed by atoms with E-state index in [1.54, 1.807) is 13.8 Å². The minimum atomic E-state index is -1.03. The summed E-state index contributed by atoms with van der Waals surface area (Å²) in [5, 5.41) is 15.5. The third kappa shape index (κ3) is 6.91. The zero-order valence-corrected chi connectivity index (χ0v) is 17.9. The number of halogens is 1. The van der Waals surface area contributed by atoms with Gasteiger partial charge in [0.2, 0.25) is 5.91 Å². The first-order chi connectivity index (χ1) is 13.9. The number of amides is 1. The molecule has 160 valence electrons.